The molecule has 6 nitrogen and oxygen atoms in total. The quantitative estimate of drug-likeness (QED) is 0.851. The van der Waals surface area contributed by atoms with Crippen molar-refractivity contribution in [2.45, 2.75) is 19.0 Å². The highest BCUT2D eigenvalue weighted by Crippen LogP contribution is 2.28. The van der Waals surface area contributed by atoms with Crippen LogP contribution in [0.1, 0.15) is 23.0 Å². The molecule has 1 aliphatic heterocycles. The Labute approximate surface area is 103 Å². The van der Waals surface area contributed by atoms with Crippen LogP contribution >= 0.6 is 0 Å². The zero-order chi connectivity index (χ0) is 12.5. The number of aromatic amines is 1. The lowest BCUT2D eigenvalue weighted by atomic mass is 10.0. The van der Waals surface area contributed by atoms with E-state index in [9.17, 15) is 9.90 Å². The van der Waals surface area contributed by atoms with Crippen LogP contribution in [0.4, 0.5) is 0 Å². The molecule has 0 aliphatic carbocycles. The van der Waals surface area contributed by atoms with Crippen molar-refractivity contribution in [3.63, 3.8) is 0 Å². The summed E-state index contributed by atoms with van der Waals surface area (Å²) in [5, 5.41) is 9.38. The number of imidazole rings is 1. The normalized spacial score (nSPS) is 19.7. The highest BCUT2D eigenvalue weighted by molar-refractivity contribution is 5.75. The molecule has 1 unspecified atom stereocenters. The molecule has 0 fully saturated rings. The third kappa shape index (κ3) is 1.80. The van der Waals surface area contributed by atoms with E-state index in [-0.39, 0.29) is 0 Å². The average Bonchev–Trinajstić information content (AvgIpc) is 2.98. The molecule has 1 atom stereocenters. The average molecular weight is 247 g/mol. The predicted octanol–water partition coefficient (Wildman–Crippen LogP) is 1.19. The molecule has 2 aromatic heterocycles. The Hall–Kier alpha value is -2.08. The molecule has 3 heterocycles. The van der Waals surface area contributed by atoms with Crippen LogP contribution in [0.25, 0.3) is 0 Å². The van der Waals surface area contributed by atoms with E-state index in [0.717, 1.165) is 17.7 Å². The number of nitrogens with one attached hydrogen (secondary N) is 1. The van der Waals surface area contributed by atoms with E-state index >= 15 is 0 Å². The van der Waals surface area contributed by atoms with Crippen molar-refractivity contribution in [2.75, 3.05) is 6.54 Å². The van der Waals surface area contributed by atoms with Gasteiger partial charge in [-0.1, -0.05) is 0 Å². The third-order valence-corrected chi connectivity index (χ3v) is 3.22. The minimum absolute atomic E-state index is 0.555. The van der Waals surface area contributed by atoms with Gasteiger partial charge < -0.3 is 14.5 Å². The van der Waals surface area contributed by atoms with E-state index < -0.39 is 12.0 Å². The maximum absolute atomic E-state index is 11.4. The second kappa shape index (κ2) is 4.30. The van der Waals surface area contributed by atoms with Crippen LogP contribution in [-0.2, 0) is 17.8 Å². The zero-order valence-electron chi connectivity index (χ0n) is 9.67. The first-order valence-electron chi connectivity index (χ1n) is 5.76. The molecule has 0 saturated carbocycles. The predicted molar refractivity (Wildman–Crippen MR) is 61.8 cm³/mol. The minimum atomic E-state index is -0.869. The largest absolute Gasteiger partial charge is 0.480 e. The van der Waals surface area contributed by atoms with Gasteiger partial charge in [0.05, 0.1) is 24.5 Å². The summed E-state index contributed by atoms with van der Waals surface area (Å²) in [6.07, 6.45) is 5.58. The monoisotopic (exact) mass is 247 g/mol. The standard InChI is InChI=1S/C12H13N3O3/c16-12(17)11-10-9(13-7-14-10)1-3-15(11)5-8-2-4-18-6-8/h2,4,6-7,11H,1,3,5H2,(H,13,14)(H,16,17). The molecular formula is C12H13N3O3. The maximum Gasteiger partial charge on any atom is 0.327 e. The fraction of sp³-hybridized carbons (Fsp3) is 0.333. The molecule has 0 spiro atoms. The summed E-state index contributed by atoms with van der Waals surface area (Å²) < 4.78 is 5.01. The molecule has 94 valence electrons. The van der Waals surface area contributed by atoms with Gasteiger partial charge in [0, 0.05) is 30.8 Å². The van der Waals surface area contributed by atoms with Gasteiger partial charge in [-0.15, -0.1) is 0 Å². The van der Waals surface area contributed by atoms with Gasteiger partial charge in [-0.3, -0.25) is 9.69 Å². The molecular weight excluding hydrogens is 234 g/mol. The SMILES string of the molecule is O=C(O)C1c2nc[nH]c2CCN1Cc1ccoc1. The van der Waals surface area contributed by atoms with E-state index in [1.54, 1.807) is 18.9 Å². The number of carboxylic acid groups (broad SMARTS) is 1. The third-order valence-electron chi connectivity index (χ3n) is 3.22. The van der Waals surface area contributed by atoms with Gasteiger partial charge in [-0.25, -0.2) is 4.98 Å². The smallest absolute Gasteiger partial charge is 0.327 e. The van der Waals surface area contributed by atoms with Crippen LogP contribution in [-0.4, -0.2) is 32.5 Å². The Morgan fingerprint density at radius 2 is 2.56 bits per heavy atom. The minimum Gasteiger partial charge on any atom is -0.480 e. The van der Waals surface area contributed by atoms with Crippen LogP contribution in [0.5, 0.6) is 0 Å². The molecule has 3 rings (SSSR count). The lowest BCUT2D eigenvalue weighted by Gasteiger charge is -2.31. The molecule has 1 aliphatic rings. The van der Waals surface area contributed by atoms with Crippen molar-refractivity contribution in [3.05, 3.63) is 41.9 Å². The lowest BCUT2D eigenvalue weighted by Crippen LogP contribution is -2.39. The van der Waals surface area contributed by atoms with Gasteiger partial charge in [0.15, 0.2) is 6.04 Å². The Kier molecular flexibility index (Phi) is 2.64. The van der Waals surface area contributed by atoms with Gasteiger partial charge in [-0.05, 0) is 6.07 Å². The summed E-state index contributed by atoms with van der Waals surface area (Å²) in [5.74, 6) is -0.869. The Morgan fingerprint density at radius 1 is 1.67 bits per heavy atom. The van der Waals surface area contributed by atoms with Crippen molar-refractivity contribution < 1.29 is 14.3 Å². The fourth-order valence-corrected chi connectivity index (χ4v) is 2.39. The van der Waals surface area contributed by atoms with E-state index in [2.05, 4.69) is 9.97 Å². The van der Waals surface area contributed by atoms with Crippen LogP contribution in [0.15, 0.2) is 29.3 Å². The summed E-state index contributed by atoms with van der Waals surface area (Å²) in [4.78, 5) is 20.5. The van der Waals surface area contributed by atoms with E-state index in [1.807, 2.05) is 11.0 Å². The number of H-pyrrole nitrogens is 1. The first kappa shape index (κ1) is 11.0. The second-order valence-corrected chi connectivity index (χ2v) is 4.36. The first-order valence-corrected chi connectivity index (χ1v) is 5.76. The van der Waals surface area contributed by atoms with Crippen molar-refractivity contribution in [1.29, 1.82) is 0 Å². The number of aliphatic carboxylic acids is 1. The molecule has 2 aromatic rings. The van der Waals surface area contributed by atoms with E-state index in [0.29, 0.717) is 18.8 Å². The number of carboxylic acids is 1. The summed E-state index contributed by atoms with van der Waals surface area (Å²) in [7, 11) is 0. The number of rotatable bonds is 3. The zero-order valence-corrected chi connectivity index (χ0v) is 9.67. The number of fused-ring (bicyclic) bond motifs is 1. The highest BCUT2D eigenvalue weighted by atomic mass is 16.4. The van der Waals surface area contributed by atoms with E-state index in [1.165, 1.54) is 0 Å². The van der Waals surface area contributed by atoms with Gasteiger partial charge in [0.2, 0.25) is 0 Å². The molecule has 18 heavy (non-hydrogen) atoms. The van der Waals surface area contributed by atoms with Crippen molar-refractivity contribution in [1.82, 2.24) is 14.9 Å². The summed E-state index contributed by atoms with van der Waals surface area (Å²) in [5.41, 5.74) is 2.52. The Bertz CT molecular complexity index is 547. The Balaban J connectivity index is 1.89. The number of hydrogen-bond acceptors (Lipinski definition) is 4. The summed E-state index contributed by atoms with van der Waals surface area (Å²) >= 11 is 0. The second-order valence-electron chi connectivity index (χ2n) is 4.36. The summed E-state index contributed by atoms with van der Waals surface area (Å²) in [6.45, 7) is 1.25. The Morgan fingerprint density at radius 3 is 3.28 bits per heavy atom. The van der Waals surface area contributed by atoms with Crippen molar-refractivity contribution >= 4 is 5.97 Å². The number of hydrogen-bond donors (Lipinski definition) is 2. The highest BCUT2D eigenvalue weighted by Gasteiger charge is 2.35. The molecule has 0 radical (unpaired) electrons. The van der Waals surface area contributed by atoms with Crippen LogP contribution in [0, 0.1) is 0 Å². The number of carbonyl (C=O) groups is 1. The molecule has 0 aromatic carbocycles. The lowest BCUT2D eigenvalue weighted by molar-refractivity contribution is -0.144. The van der Waals surface area contributed by atoms with Crippen LogP contribution < -0.4 is 0 Å². The molecule has 2 N–H and O–H groups in total. The van der Waals surface area contributed by atoms with Gasteiger partial charge >= 0.3 is 5.97 Å². The fourth-order valence-electron chi connectivity index (χ4n) is 2.39. The topological polar surface area (TPSA) is 82.4 Å². The van der Waals surface area contributed by atoms with Gasteiger partial charge in [0.1, 0.15) is 0 Å². The van der Waals surface area contributed by atoms with E-state index in [4.69, 9.17) is 4.42 Å². The molecule has 0 bridgehead atoms. The number of furan rings is 1. The molecule has 6 heteroatoms. The van der Waals surface area contributed by atoms with Gasteiger partial charge in [-0.2, -0.15) is 0 Å². The first-order chi connectivity index (χ1) is 8.75. The molecule has 0 saturated heterocycles. The summed E-state index contributed by atoms with van der Waals surface area (Å²) in [6, 6.07) is 1.16. The number of nitrogens with zero attached hydrogens (tertiary/aromatic N) is 2. The van der Waals surface area contributed by atoms with Gasteiger partial charge in [0.25, 0.3) is 0 Å². The van der Waals surface area contributed by atoms with Crippen molar-refractivity contribution in [3.8, 4) is 0 Å². The van der Waals surface area contributed by atoms with Crippen LogP contribution in [0.2, 0.25) is 0 Å². The maximum atomic E-state index is 11.4. The van der Waals surface area contributed by atoms with Crippen LogP contribution in [0.3, 0.4) is 0 Å². The number of aromatic nitrogens is 2. The molecule has 0 amide bonds. The van der Waals surface area contributed by atoms with Crippen molar-refractivity contribution in [2.24, 2.45) is 0 Å².